The fraction of sp³-hybridized carbons (Fsp3) is 1.00. The largest absolute Gasteiger partial charge is 0.483 e. The molecule has 0 rings (SSSR count). The predicted molar refractivity (Wildman–Crippen MR) is 50.9 cm³/mol. The maximum atomic E-state index is 12.3. The molecule has 0 aromatic heterocycles. The number of rotatable bonds is 7. The third kappa shape index (κ3) is 6.33. The van der Waals surface area contributed by atoms with Gasteiger partial charge in [-0.1, -0.05) is 26.2 Å². The average Bonchev–Trinajstić information content (AvgIpc) is 2.09. The van der Waals surface area contributed by atoms with Crippen molar-refractivity contribution in [2.45, 2.75) is 44.9 Å². The summed E-state index contributed by atoms with van der Waals surface area (Å²) < 4.78 is 73.8. The van der Waals surface area contributed by atoms with Crippen molar-refractivity contribution >= 4 is 7.60 Å². The van der Waals surface area contributed by atoms with Gasteiger partial charge in [-0.05, 0) is 6.42 Å². The van der Waals surface area contributed by atoms with Crippen LogP contribution in [0.2, 0.25) is 0 Å². The first-order valence-corrected chi connectivity index (χ1v) is 6.75. The van der Waals surface area contributed by atoms with Crippen molar-refractivity contribution in [1.29, 1.82) is 0 Å². The lowest BCUT2D eigenvalue weighted by Crippen LogP contribution is -2.38. The van der Waals surface area contributed by atoms with E-state index < -0.39 is 26.0 Å². The van der Waals surface area contributed by atoms with Crippen LogP contribution < -0.4 is 0 Å². The van der Waals surface area contributed by atoms with Crippen LogP contribution in [0.25, 0.3) is 0 Å². The van der Waals surface area contributed by atoms with Gasteiger partial charge in [0.05, 0.1) is 6.16 Å². The van der Waals surface area contributed by atoms with Crippen molar-refractivity contribution in [3.63, 3.8) is 0 Å². The molecule has 1 N–H and O–H groups in total. The van der Waals surface area contributed by atoms with Crippen molar-refractivity contribution < 1.29 is 35.9 Å². The third-order valence-corrected chi connectivity index (χ3v) is 3.28. The van der Waals surface area contributed by atoms with Gasteiger partial charge in [-0.2, -0.15) is 22.0 Å². The minimum atomic E-state index is -5.99. The van der Waals surface area contributed by atoms with Gasteiger partial charge in [-0.3, -0.25) is 4.57 Å². The summed E-state index contributed by atoms with van der Waals surface area (Å²) in [7, 11) is -4.92. The van der Waals surface area contributed by atoms with Crippen LogP contribution in [-0.2, 0) is 9.09 Å². The fourth-order valence-corrected chi connectivity index (χ4v) is 2.19. The summed E-state index contributed by atoms with van der Waals surface area (Å²) in [6, 6.07) is 0. The molecule has 1 atom stereocenters. The van der Waals surface area contributed by atoms with Gasteiger partial charge in [0.1, 0.15) is 0 Å². The highest BCUT2D eigenvalue weighted by Gasteiger charge is 2.62. The molecule has 0 radical (unpaired) electrons. The van der Waals surface area contributed by atoms with Gasteiger partial charge in [-0.15, -0.1) is 0 Å². The van der Waals surface area contributed by atoms with E-state index in [2.05, 4.69) is 4.52 Å². The van der Waals surface area contributed by atoms with Crippen LogP contribution in [0.5, 0.6) is 0 Å². The predicted octanol–water partition coefficient (Wildman–Crippen LogP) is 3.92. The van der Waals surface area contributed by atoms with Gasteiger partial charge in [0.2, 0.25) is 0 Å². The van der Waals surface area contributed by atoms with Crippen molar-refractivity contribution in [2.24, 2.45) is 0 Å². The van der Waals surface area contributed by atoms with E-state index in [0.29, 0.717) is 12.8 Å². The summed E-state index contributed by atoms with van der Waals surface area (Å²) in [6.07, 6.45) is -10.3. The Morgan fingerprint density at radius 3 is 2.06 bits per heavy atom. The highest BCUT2D eigenvalue weighted by atomic mass is 31.2. The van der Waals surface area contributed by atoms with Crippen molar-refractivity contribution in [3.8, 4) is 0 Å². The maximum Gasteiger partial charge on any atom is 0.483 e. The van der Waals surface area contributed by atoms with E-state index in [9.17, 15) is 26.5 Å². The van der Waals surface area contributed by atoms with Crippen LogP contribution in [0, 0.1) is 0 Å². The Balaban J connectivity index is 4.30. The molecule has 104 valence electrons. The lowest BCUT2D eigenvalue weighted by Gasteiger charge is -2.22. The van der Waals surface area contributed by atoms with E-state index in [1.165, 1.54) is 0 Å². The first kappa shape index (κ1) is 16.8. The van der Waals surface area contributed by atoms with Crippen LogP contribution in [0.4, 0.5) is 22.0 Å². The molecule has 0 spiro atoms. The zero-order valence-corrected chi connectivity index (χ0v) is 10.0. The lowest BCUT2D eigenvalue weighted by atomic mass is 10.2. The fourth-order valence-electron chi connectivity index (χ4n) is 1.01. The van der Waals surface area contributed by atoms with Gasteiger partial charge >= 0.3 is 19.9 Å². The van der Waals surface area contributed by atoms with Crippen molar-refractivity contribution in [3.05, 3.63) is 0 Å². The Morgan fingerprint density at radius 1 is 1.12 bits per heavy atom. The Kier molecular flexibility index (Phi) is 6.04. The standard InChI is InChI=1S/C8H14F5O3P/c1-2-3-4-5-6-17(14,15)16-8(12,13)7(9,10)11/h2-6H2,1H3,(H,14,15). The molecule has 0 aliphatic carbocycles. The lowest BCUT2D eigenvalue weighted by molar-refractivity contribution is -0.362. The van der Waals surface area contributed by atoms with Crippen LogP contribution in [0.15, 0.2) is 0 Å². The Hall–Kier alpha value is -0.200. The highest BCUT2D eigenvalue weighted by molar-refractivity contribution is 7.52. The molecule has 0 saturated heterocycles. The minimum absolute atomic E-state index is 0.0650. The van der Waals surface area contributed by atoms with Gasteiger partial charge < -0.3 is 4.89 Å². The van der Waals surface area contributed by atoms with Gasteiger partial charge in [0.25, 0.3) is 0 Å². The number of hydrogen-bond acceptors (Lipinski definition) is 2. The van der Waals surface area contributed by atoms with E-state index in [1.807, 2.05) is 6.92 Å². The van der Waals surface area contributed by atoms with E-state index in [0.717, 1.165) is 6.42 Å². The molecule has 0 bridgehead atoms. The molecule has 0 aromatic carbocycles. The normalized spacial score (nSPS) is 16.9. The molecular formula is C8H14F5O3P. The average molecular weight is 284 g/mol. The van der Waals surface area contributed by atoms with E-state index >= 15 is 0 Å². The van der Waals surface area contributed by atoms with E-state index in [4.69, 9.17) is 4.89 Å². The zero-order chi connectivity index (χ0) is 13.7. The SMILES string of the molecule is CCCCCCP(=O)(O)OC(F)(F)C(F)(F)F. The van der Waals surface area contributed by atoms with Gasteiger partial charge in [-0.25, -0.2) is 4.52 Å². The first-order chi connectivity index (χ1) is 7.52. The third-order valence-electron chi connectivity index (χ3n) is 1.88. The Morgan fingerprint density at radius 2 is 1.65 bits per heavy atom. The highest BCUT2D eigenvalue weighted by Crippen LogP contribution is 2.52. The molecular weight excluding hydrogens is 270 g/mol. The molecule has 9 heteroatoms. The van der Waals surface area contributed by atoms with E-state index in [1.54, 1.807) is 0 Å². The van der Waals surface area contributed by atoms with Crippen LogP contribution in [-0.4, -0.2) is 23.3 Å². The van der Waals surface area contributed by atoms with Gasteiger partial charge in [0, 0.05) is 0 Å². The first-order valence-electron chi connectivity index (χ1n) is 4.99. The molecule has 17 heavy (non-hydrogen) atoms. The number of unbranched alkanes of at least 4 members (excludes halogenated alkanes) is 3. The topological polar surface area (TPSA) is 46.5 Å². The van der Waals surface area contributed by atoms with Crippen molar-refractivity contribution in [1.82, 2.24) is 0 Å². The molecule has 0 aliphatic rings. The number of alkyl halides is 5. The minimum Gasteiger partial charge on any atom is -0.324 e. The smallest absolute Gasteiger partial charge is 0.324 e. The number of halogens is 5. The quantitative estimate of drug-likeness (QED) is 0.438. The molecule has 0 amide bonds. The summed E-state index contributed by atoms with van der Waals surface area (Å²) in [5.74, 6) is 0. The van der Waals surface area contributed by atoms with E-state index in [-0.39, 0.29) is 6.42 Å². The number of hydrogen-bond donors (Lipinski definition) is 1. The van der Waals surface area contributed by atoms with Crippen molar-refractivity contribution in [2.75, 3.05) is 6.16 Å². The zero-order valence-electron chi connectivity index (χ0n) is 9.14. The monoisotopic (exact) mass is 284 g/mol. The molecule has 0 saturated carbocycles. The second kappa shape index (κ2) is 6.11. The van der Waals surface area contributed by atoms with Crippen LogP contribution in [0.3, 0.4) is 0 Å². The summed E-state index contributed by atoms with van der Waals surface area (Å²) in [5.41, 5.74) is 0. The second-order valence-corrected chi connectivity index (χ2v) is 5.43. The van der Waals surface area contributed by atoms with Gasteiger partial charge in [0.15, 0.2) is 0 Å². The summed E-state index contributed by atoms with van der Waals surface area (Å²) >= 11 is 0. The molecule has 0 aromatic rings. The van der Waals surface area contributed by atoms with Crippen LogP contribution in [0.1, 0.15) is 32.6 Å². The Bertz CT molecular complexity index is 279. The summed E-state index contributed by atoms with van der Waals surface area (Å²) in [6.45, 7) is 1.85. The molecule has 3 nitrogen and oxygen atoms in total. The summed E-state index contributed by atoms with van der Waals surface area (Å²) in [5, 5.41) is 0. The summed E-state index contributed by atoms with van der Waals surface area (Å²) in [4.78, 5) is 8.87. The molecule has 0 aliphatic heterocycles. The van der Waals surface area contributed by atoms with Crippen LogP contribution >= 0.6 is 7.60 Å². The molecule has 0 heterocycles. The maximum absolute atomic E-state index is 12.3. The second-order valence-electron chi connectivity index (χ2n) is 3.53. The molecule has 0 fully saturated rings. The molecule has 1 unspecified atom stereocenters. The Labute approximate surface area is 95.5 Å².